The van der Waals surface area contributed by atoms with E-state index in [0.29, 0.717) is 21.5 Å². The summed E-state index contributed by atoms with van der Waals surface area (Å²) in [6.45, 7) is 5.93. The number of ether oxygens (including phenoxy) is 2. The van der Waals surface area contributed by atoms with E-state index in [0.717, 1.165) is 17.0 Å². The van der Waals surface area contributed by atoms with E-state index in [9.17, 15) is 9.59 Å². The van der Waals surface area contributed by atoms with Crippen LogP contribution in [0.3, 0.4) is 0 Å². The van der Waals surface area contributed by atoms with Crippen molar-refractivity contribution in [1.82, 2.24) is 14.8 Å². The number of hydrogen-bond donors (Lipinski definition) is 1. The van der Waals surface area contributed by atoms with E-state index in [1.165, 1.54) is 23.1 Å². The Labute approximate surface area is 195 Å². The second-order valence-corrected chi connectivity index (χ2v) is 8.92. The Bertz CT molecular complexity index is 1070. The van der Waals surface area contributed by atoms with Gasteiger partial charge in [-0.25, -0.2) is 4.79 Å². The second-order valence-electron chi connectivity index (χ2n) is 6.84. The molecule has 2 aromatic heterocycles. The predicted molar refractivity (Wildman–Crippen MR) is 125 cm³/mol. The highest BCUT2D eigenvalue weighted by molar-refractivity contribution is 7.99. The first-order valence-electron chi connectivity index (χ1n) is 10.3. The number of carbonyl (C=O) groups is 2. The van der Waals surface area contributed by atoms with Crippen molar-refractivity contribution in [3.63, 3.8) is 0 Å². The summed E-state index contributed by atoms with van der Waals surface area (Å²) in [5, 5.41) is 12.4. The van der Waals surface area contributed by atoms with Gasteiger partial charge in [-0.2, -0.15) is 0 Å². The van der Waals surface area contributed by atoms with Crippen LogP contribution in [0.4, 0.5) is 5.00 Å². The number of thioether (sulfide) groups is 1. The third-order valence-electron chi connectivity index (χ3n) is 4.50. The number of anilines is 1. The number of hydrogen-bond acceptors (Lipinski definition) is 8. The fourth-order valence-electron chi connectivity index (χ4n) is 2.92. The summed E-state index contributed by atoms with van der Waals surface area (Å²) in [4.78, 5) is 25.7. The van der Waals surface area contributed by atoms with Crippen LogP contribution in [-0.2, 0) is 23.0 Å². The van der Waals surface area contributed by atoms with Gasteiger partial charge in [-0.1, -0.05) is 36.9 Å². The lowest BCUT2D eigenvalue weighted by Gasteiger charge is -2.14. The number of nitrogens with zero attached hydrogens (tertiary/aromatic N) is 3. The van der Waals surface area contributed by atoms with Crippen molar-refractivity contribution in [3.8, 4) is 5.75 Å². The fourth-order valence-corrected chi connectivity index (χ4v) is 4.64. The Morgan fingerprint density at radius 2 is 1.97 bits per heavy atom. The second kappa shape index (κ2) is 11.1. The summed E-state index contributed by atoms with van der Waals surface area (Å²) in [5.41, 5.74) is 0.389. The number of benzene rings is 1. The number of nitrogens with one attached hydrogen (secondary N) is 1. The maximum Gasteiger partial charge on any atom is 0.341 e. The van der Waals surface area contributed by atoms with Gasteiger partial charge >= 0.3 is 5.97 Å². The summed E-state index contributed by atoms with van der Waals surface area (Å²) in [6.07, 6.45) is 0.468. The molecule has 0 spiro atoms. The molecule has 1 N–H and O–H groups in total. The van der Waals surface area contributed by atoms with Crippen LogP contribution in [0.1, 0.15) is 47.9 Å². The lowest BCUT2D eigenvalue weighted by molar-refractivity contribution is -0.113. The van der Waals surface area contributed by atoms with Crippen molar-refractivity contribution in [3.05, 3.63) is 52.7 Å². The van der Waals surface area contributed by atoms with Crippen LogP contribution in [-0.4, -0.2) is 39.0 Å². The van der Waals surface area contributed by atoms with Gasteiger partial charge in [0.25, 0.3) is 0 Å². The minimum Gasteiger partial charge on any atom is -0.483 e. The molecule has 10 heteroatoms. The largest absolute Gasteiger partial charge is 0.483 e. The lowest BCUT2D eigenvalue weighted by Crippen LogP contribution is -2.16. The van der Waals surface area contributed by atoms with Crippen LogP contribution in [0.25, 0.3) is 0 Å². The van der Waals surface area contributed by atoms with Crippen LogP contribution < -0.4 is 10.1 Å². The summed E-state index contributed by atoms with van der Waals surface area (Å²) in [7, 11) is 1.84. The fraction of sp³-hybridized carbons (Fsp3) is 0.364. The first-order valence-corrected chi connectivity index (χ1v) is 12.1. The van der Waals surface area contributed by atoms with E-state index in [1.807, 2.05) is 55.8 Å². The molecule has 0 fully saturated rings. The Morgan fingerprint density at radius 3 is 2.66 bits per heavy atom. The van der Waals surface area contributed by atoms with Gasteiger partial charge in [0.2, 0.25) is 5.91 Å². The molecule has 3 rings (SSSR count). The first-order chi connectivity index (χ1) is 15.4. The number of esters is 1. The Morgan fingerprint density at radius 1 is 1.22 bits per heavy atom. The summed E-state index contributed by atoms with van der Waals surface area (Å²) in [5.74, 6) is 0.866. The molecular weight excluding hydrogens is 448 g/mol. The van der Waals surface area contributed by atoms with Crippen molar-refractivity contribution in [2.75, 3.05) is 17.7 Å². The number of thiophene rings is 1. The van der Waals surface area contributed by atoms with Gasteiger partial charge in [-0.3, -0.25) is 4.79 Å². The molecule has 0 aliphatic carbocycles. The molecule has 1 aromatic carbocycles. The zero-order valence-electron chi connectivity index (χ0n) is 18.5. The van der Waals surface area contributed by atoms with E-state index >= 15 is 0 Å². The molecule has 0 aliphatic rings. The normalized spacial score (nSPS) is 11.8. The van der Waals surface area contributed by atoms with Crippen molar-refractivity contribution < 1.29 is 19.1 Å². The minimum absolute atomic E-state index is 0.127. The molecule has 2 heterocycles. The monoisotopic (exact) mass is 474 g/mol. The Kier molecular flexibility index (Phi) is 8.29. The zero-order valence-corrected chi connectivity index (χ0v) is 20.1. The topological polar surface area (TPSA) is 95.3 Å². The number of aryl methyl sites for hydroxylation is 1. The molecule has 1 amide bonds. The number of aromatic nitrogens is 3. The van der Waals surface area contributed by atoms with Gasteiger partial charge in [0.15, 0.2) is 17.1 Å². The molecule has 1 unspecified atom stereocenters. The van der Waals surface area contributed by atoms with E-state index in [1.54, 1.807) is 13.0 Å². The van der Waals surface area contributed by atoms with Crippen LogP contribution in [0.5, 0.6) is 5.75 Å². The minimum atomic E-state index is -0.434. The highest BCUT2D eigenvalue weighted by Crippen LogP contribution is 2.30. The smallest absolute Gasteiger partial charge is 0.341 e. The number of rotatable bonds is 10. The third kappa shape index (κ3) is 5.89. The first kappa shape index (κ1) is 23.8. The van der Waals surface area contributed by atoms with Crippen LogP contribution in [0, 0.1) is 0 Å². The molecule has 0 saturated carbocycles. The van der Waals surface area contributed by atoms with E-state index in [4.69, 9.17) is 9.47 Å². The summed E-state index contributed by atoms with van der Waals surface area (Å²) >= 11 is 2.65. The quantitative estimate of drug-likeness (QED) is 0.342. The van der Waals surface area contributed by atoms with Crippen molar-refractivity contribution in [1.29, 1.82) is 0 Å². The van der Waals surface area contributed by atoms with E-state index in [-0.39, 0.29) is 24.4 Å². The zero-order chi connectivity index (χ0) is 23.1. The molecular formula is C22H26N4O4S2. The van der Waals surface area contributed by atoms with Crippen molar-refractivity contribution in [2.45, 2.75) is 38.5 Å². The molecule has 170 valence electrons. The average Bonchev–Trinajstić information content (AvgIpc) is 3.36. The molecule has 0 bridgehead atoms. The SMILES string of the molecule is CCOC(=O)c1cc(CC)sc1NC(=O)CSc1nnc(C(C)Oc2ccccc2)n1C. The molecule has 0 aliphatic heterocycles. The molecule has 0 radical (unpaired) electrons. The summed E-state index contributed by atoms with van der Waals surface area (Å²) in [6, 6.07) is 11.3. The maximum absolute atomic E-state index is 12.5. The van der Waals surface area contributed by atoms with Gasteiger partial charge in [-0.05, 0) is 38.5 Å². The van der Waals surface area contributed by atoms with Gasteiger partial charge in [-0.15, -0.1) is 21.5 Å². The van der Waals surface area contributed by atoms with Crippen LogP contribution >= 0.6 is 23.1 Å². The highest BCUT2D eigenvalue weighted by Gasteiger charge is 2.21. The van der Waals surface area contributed by atoms with Crippen molar-refractivity contribution >= 4 is 40.0 Å². The van der Waals surface area contributed by atoms with Gasteiger partial charge in [0.1, 0.15) is 10.8 Å². The lowest BCUT2D eigenvalue weighted by atomic mass is 10.2. The number of amides is 1. The van der Waals surface area contributed by atoms with E-state index < -0.39 is 5.97 Å². The van der Waals surface area contributed by atoms with Crippen molar-refractivity contribution in [2.24, 2.45) is 7.05 Å². The third-order valence-corrected chi connectivity index (χ3v) is 6.72. The number of para-hydroxylation sites is 1. The molecule has 3 aromatic rings. The van der Waals surface area contributed by atoms with Crippen LogP contribution in [0.15, 0.2) is 41.6 Å². The summed E-state index contributed by atoms with van der Waals surface area (Å²) < 4.78 is 12.8. The Balaban J connectivity index is 1.61. The van der Waals surface area contributed by atoms with Gasteiger partial charge in [0.05, 0.1) is 17.9 Å². The highest BCUT2D eigenvalue weighted by atomic mass is 32.2. The standard InChI is InChI=1S/C22H26N4O4S2/c1-5-16-12-17(21(28)29-6-2)20(32-16)23-18(27)13-31-22-25-24-19(26(22)4)14(3)30-15-10-8-7-9-11-15/h7-12,14H,5-6,13H2,1-4H3,(H,23,27). The molecule has 32 heavy (non-hydrogen) atoms. The molecule has 8 nitrogen and oxygen atoms in total. The average molecular weight is 475 g/mol. The predicted octanol–water partition coefficient (Wildman–Crippen LogP) is 4.49. The number of carbonyl (C=O) groups excluding carboxylic acids is 2. The van der Waals surface area contributed by atoms with E-state index in [2.05, 4.69) is 15.5 Å². The maximum atomic E-state index is 12.5. The Hall–Kier alpha value is -2.85. The molecule has 0 saturated heterocycles. The van der Waals surface area contributed by atoms with Gasteiger partial charge < -0.3 is 19.4 Å². The van der Waals surface area contributed by atoms with Gasteiger partial charge in [0, 0.05) is 11.9 Å². The molecule has 1 atom stereocenters. The van der Waals surface area contributed by atoms with Crippen LogP contribution in [0.2, 0.25) is 0 Å².